The zero-order valence-electron chi connectivity index (χ0n) is 35.0. The predicted octanol–water partition coefficient (Wildman–Crippen LogP) is 8.72. The first kappa shape index (κ1) is 51.9. The molecule has 9 nitrogen and oxygen atoms in total. The van der Waals surface area contributed by atoms with E-state index in [1.807, 2.05) is 6.08 Å². The van der Waals surface area contributed by atoms with Gasteiger partial charge in [0.25, 0.3) is 0 Å². The molecule has 9 heteroatoms. The number of carbonyl (C=O) groups is 1. The van der Waals surface area contributed by atoms with Crippen LogP contribution in [0.1, 0.15) is 129 Å². The molecular weight excluding hydrogens is 719 g/mol. The van der Waals surface area contributed by atoms with E-state index >= 15 is 0 Å². The third-order valence-corrected chi connectivity index (χ3v) is 9.31. The molecule has 0 aromatic carbocycles. The van der Waals surface area contributed by atoms with Gasteiger partial charge < -0.3 is 40.3 Å². The number of allylic oxidation sites excluding steroid dienone is 17. The van der Waals surface area contributed by atoms with Crippen LogP contribution >= 0.6 is 0 Å². The molecule has 0 spiro atoms. The van der Waals surface area contributed by atoms with Crippen LogP contribution in [0.2, 0.25) is 0 Å². The summed E-state index contributed by atoms with van der Waals surface area (Å²) in [5.74, 6) is -0.241. The van der Waals surface area contributed by atoms with Gasteiger partial charge >= 0.3 is 0 Å². The normalized spacial score (nSPS) is 22.1. The molecule has 0 aromatic heterocycles. The molecule has 1 amide bonds. The third-order valence-electron chi connectivity index (χ3n) is 9.31. The molecule has 322 valence electrons. The molecule has 0 saturated carbocycles. The zero-order chi connectivity index (χ0) is 41.6. The van der Waals surface area contributed by atoms with Crippen molar-refractivity contribution in [2.75, 3.05) is 13.2 Å². The maximum atomic E-state index is 12.9. The number of nitrogens with one attached hydrogen (secondary N) is 1. The Hall–Kier alpha value is -3.15. The lowest BCUT2D eigenvalue weighted by molar-refractivity contribution is -0.302. The first-order valence-electron chi connectivity index (χ1n) is 21.6. The number of unbranched alkanes of at least 4 members (excludes halogenated alkanes) is 7. The van der Waals surface area contributed by atoms with Crippen LogP contribution in [0, 0.1) is 0 Å². The molecular formula is C48H77NO8. The number of aliphatic hydroxyl groups excluding tert-OH is 5. The van der Waals surface area contributed by atoms with Gasteiger partial charge in [0.15, 0.2) is 6.29 Å². The van der Waals surface area contributed by atoms with Crippen molar-refractivity contribution in [1.29, 1.82) is 0 Å². The Bertz CT molecular complexity index is 1250. The molecule has 0 bridgehead atoms. The number of amides is 1. The van der Waals surface area contributed by atoms with Crippen molar-refractivity contribution in [2.45, 2.75) is 172 Å². The predicted molar refractivity (Wildman–Crippen MR) is 234 cm³/mol. The first-order valence-corrected chi connectivity index (χ1v) is 21.6. The van der Waals surface area contributed by atoms with Gasteiger partial charge in [0.1, 0.15) is 24.4 Å². The lowest BCUT2D eigenvalue weighted by Crippen LogP contribution is -2.60. The lowest BCUT2D eigenvalue weighted by Gasteiger charge is -2.40. The maximum Gasteiger partial charge on any atom is 0.220 e. The summed E-state index contributed by atoms with van der Waals surface area (Å²) in [7, 11) is 0. The summed E-state index contributed by atoms with van der Waals surface area (Å²) in [6, 6.07) is -0.857. The number of aliphatic hydroxyl groups is 5. The van der Waals surface area contributed by atoms with Gasteiger partial charge in [-0.2, -0.15) is 0 Å². The second-order valence-electron chi connectivity index (χ2n) is 14.4. The summed E-state index contributed by atoms with van der Waals surface area (Å²) < 4.78 is 11.1. The van der Waals surface area contributed by atoms with Gasteiger partial charge in [-0.1, -0.05) is 136 Å². The standard InChI is InChI=1S/C48H77NO8/c1-3-5-7-9-11-13-15-17-18-19-20-21-22-23-24-26-28-30-32-34-36-38-44(52)49-41(40-56-48-47(55)46(54)45(53)43(39-50)57-48)42(51)37-35-33-31-29-27-25-16-14-12-10-8-6-4-2/h5,7,11-14,17-18,20-21,23-24,27-30,35,37,41-43,45-48,50-51,53-55H,3-4,6,8-10,15-16,19,22,25-26,31-34,36,38-40H2,1-2H3,(H,49,52)/b7-5-,13-11-,14-12+,18-17-,21-20-,24-23-,29-27+,30-28-,37-35+. The Balaban J connectivity index is 2.46. The fourth-order valence-corrected chi connectivity index (χ4v) is 5.83. The number of ether oxygens (including phenoxy) is 2. The average molecular weight is 796 g/mol. The largest absolute Gasteiger partial charge is 0.394 e. The minimum absolute atomic E-state index is 0.232. The van der Waals surface area contributed by atoms with Gasteiger partial charge in [-0.15, -0.1) is 0 Å². The highest BCUT2D eigenvalue weighted by Crippen LogP contribution is 2.22. The Morgan fingerprint density at radius 2 is 1.09 bits per heavy atom. The van der Waals surface area contributed by atoms with Crippen LogP contribution in [0.15, 0.2) is 109 Å². The summed E-state index contributed by atoms with van der Waals surface area (Å²) in [6.07, 6.45) is 47.0. The molecule has 1 heterocycles. The van der Waals surface area contributed by atoms with E-state index in [1.54, 1.807) is 6.08 Å². The van der Waals surface area contributed by atoms with Crippen LogP contribution in [0.4, 0.5) is 0 Å². The molecule has 7 unspecified atom stereocenters. The maximum absolute atomic E-state index is 12.9. The molecule has 1 aliphatic rings. The molecule has 57 heavy (non-hydrogen) atoms. The summed E-state index contributed by atoms with van der Waals surface area (Å²) in [5.41, 5.74) is 0. The summed E-state index contributed by atoms with van der Waals surface area (Å²) in [6.45, 7) is 3.54. The smallest absolute Gasteiger partial charge is 0.220 e. The van der Waals surface area contributed by atoms with E-state index in [0.29, 0.717) is 12.8 Å². The highest BCUT2D eigenvalue weighted by molar-refractivity contribution is 5.76. The van der Waals surface area contributed by atoms with E-state index in [9.17, 15) is 30.3 Å². The van der Waals surface area contributed by atoms with E-state index in [0.717, 1.165) is 77.0 Å². The van der Waals surface area contributed by atoms with Crippen molar-refractivity contribution >= 4 is 5.91 Å². The Labute approximate surface area is 345 Å². The van der Waals surface area contributed by atoms with E-state index in [4.69, 9.17) is 9.47 Å². The second kappa shape index (κ2) is 37.1. The minimum atomic E-state index is -1.59. The van der Waals surface area contributed by atoms with Crippen LogP contribution in [-0.2, 0) is 14.3 Å². The number of rotatable bonds is 33. The highest BCUT2D eigenvalue weighted by atomic mass is 16.7. The van der Waals surface area contributed by atoms with E-state index in [2.05, 4.69) is 116 Å². The van der Waals surface area contributed by atoms with Crippen LogP contribution < -0.4 is 5.32 Å². The van der Waals surface area contributed by atoms with Gasteiger partial charge in [-0.3, -0.25) is 4.79 Å². The van der Waals surface area contributed by atoms with Crippen molar-refractivity contribution in [1.82, 2.24) is 5.32 Å². The molecule has 1 aliphatic heterocycles. The molecule has 0 aliphatic carbocycles. The molecule has 6 N–H and O–H groups in total. The number of hydrogen-bond acceptors (Lipinski definition) is 8. The molecule has 0 radical (unpaired) electrons. The summed E-state index contributed by atoms with van der Waals surface area (Å²) >= 11 is 0. The molecule has 1 saturated heterocycles. The Morgan fingerprint density at radius 3 is 1.61 bits per heavy atom. The Morgan fingerprint density at radius 1 is 0.614 bits per heavy atom. The van der Waals surface area contributed by atoms with Crippen LogP contribution in [0.5, 0.6) is 0 Å². The number of hydrogen-bond donors (Lipinski definition) is 6. The van der Waals surface area contributed by atoms with E-state index in [-0.39, 0.29) is 18.9 Å². The highest BCUT2D eigenvalue weighted by Gasteiger charge is 2.44. The zero-order valence-corrected chi connectivity index (χ0v) is 35.0. The van der Waals surface area contributed by atoms with Crippen molar-refractivity contribution in [3.8, 4) is 0 Å². The van der Waals surface area contributed by atoms with Gasteiger partial charge in [0, 0.05) is 6.42 Å². The molecule has 1 rings (SSSR count). The van der Waals surface area contributed by atoms with Crippen LogP contribution in [0.3, 0.4) is 0 Å². The fraction of sp³-hybridized carbons (Fsp3) is 0.604. The quantitative estimate of drug-likeness (QED) is 0.0286. The summed E-state index contributed by atoms with van der Waals surface area (Å²) in [5, 5.41) is 54.0. The Kier molecular flexibility index (Phi) is 33.8. The minimum Gasteiger partial charge on any atom is -0.394 e. The van der Waals surface area contributed by atoms with Gasteiger partial charge in [0.2, 0.25) is 5.91 Å². The van der Waals surface area contributed by atoms with Crippen molar-refractivity contribution in [3.63, 3.8) is 0 Å². The topological polar surface area (TPSA) is 149 Å². The van der Waals surface area contributed by atoms with Crippen molar-refractivity contribution < 1.29 is 39.8 Å². The van der Waals surface area contributed by atoms with Crippen LogP contribution in [-0.4, -0.2) is 87.5 Å². The van der Waals surface area contributed by atoms with Crippen molar-refractivity contribution in [2.24, 2.45) is 0 Å². The van der Waals surface area contributed by atoms with Gasteiger partial charge in [-0.05, 0) is 96.3 Å². The van der Waals surface area contributed by atoms with E-state index < -0.39 is 49.5 Å². The third kappa shape index (κ3) is 28.0. The average Bonchev–Trinajstić information content (AvgIpc) is 3.21. The SMILES string of the molecule is CC/C=C\C/C=C\C/C=C\C/C=C\C/C=C\C/C=C\CCCCC(=O)NC(COC1OC(CO)C(O)C(O)C1O)C(O)/C=C/CC/C=C/CC/C=C/CCCCC. The first-order chi connectivity index (χ1) is 27.8. The van der Waals surface area contributed by atoms with Gasteiger partial charge in [-0.25, -0.2) is 0 Å². The summed E-state index contributed by atoms with van der Waals surface area (Å²) in [4.78, 5) is 12.9. The van der Waals surface area contributed by atoms with E-state index in [1.165, 1.54) is 19.3 Å². The lowest BCUT2D eigenvalue weighted by atomic mass is 9.99. The second-order valence-corrected chi connectivity index (χ2v) is 14.4. The van der Waals surface area contributed by atoms with Gasteiger partial charge in [0.05, 0.1) is 25.4 Å². The number of carbonyl (C=O) groups excluding carboxylic acids is 1. The monoisotopic (exact) mass is 796 g/mol. The van der Waals surface area contributed by atoms with Crippen LogP contribution in [0.25, 0.3) is 0 Å². The molecule has 0 aromatic rings. The fourth-order valence-electron chi connectivity index (χ4n) is 5.83. The van der Waals surface area contributed by atoms with Crippen molar-refractivity contribution in [3.05, 3.63) is 109 Å². The molecule has 7 atom stereocenters. The molecule has 1 fully saturated rings.